The van der Waals surface area contributed by atoms with Gasteiger partial charge in [0.25, 0.3) is 5.91 Å². The number of carboxylic acid groups (broad SMARTS) is 1. The molecule has 0 saturated heterocycles. The van der Waals surface area contributed by atoms with E-state index in [0.717, 1.165) is 33.3 Å². The van der Waals surface area contributed by atoms with Crippen LogP contribution in [0.15, 0.2) is 84.4 Å². The molecule has 1 unspecified atom stereocenters. The molecule has 34 heavy (non-hydrogen) atoms. The predicted molar refractivity (Wildman–Crippen MR) is 133 cm³/mol. The molecule has 5 rings (SSSR count). The fraction of sp³-hybridized carbons (Fsp3) is 0.107. The highest BCUT2D eigenvalue weighted by atomic mass is 16.4. The van der Waals surface area contributed by atoms with Gasteiger partial charge in [-0.05, 0) is 54.6 Å². The zero-order chi connectivity index (χ0) is 23.8. The van der Waals surface area contributed by atoms with Crippen LogP contribution in [0.2, 0.25) is 0 Å². The van der Waals surface area contributed by atoms with Crippen molar-refractivity contribution < 1.29 is 14.7 Å². The van der Waals surface area contributed by atoms with E-state index in [2.05, 4.69) is 29.3 Å². The minimum atomic E-state index is -1.00. The molecular formula is C28H23N3O3. The molecule has 1 amide bonds. The first-order valence-electron chi connectivity index (χ1n) is 11.0. The third-order valence-corrected chi connectivity index (χ3v) is 6.38. The van der Waals surface area contributed by atoms with E-state index in [9.17, 15) is 14.7 Å². The van der Waals surface area contributed by atoms with Crippen LogP contribution in [0.4, 0.5) is 0 Å². The van der Waals surface area contributed by atoms with Crippen LogP contribution in [0.25, 0.3) is 16.6 Å². The van der Waals surface area contributed by atoms with Crippen LogP contribution in [0.5, 0.6) is 0 Å². The van der Waals surface area contributed by atoms with E-state index in [1.165, 1.54) is 0 Å². The van der Waals surface area contributed by atoms with Crippen molar-refractivity contribution in [2.45, 2.75) is 12.5 Å². The van der Waals surface area contributed by atoms with Gasteiger partial charge >= 0.3 is 5.97 Å². The summed E-state index contributed by atoms with van der Waals surface area (Å²) >= 11 is 0. The van der Waals surface area contributed by atoms with Gasteiger partial charge in [-0.15, -0.1) is 0 Å². The Labute approximate surface area is 196 Å². The lowest BCUT2D eigenvalue weighted by Crippen LogP contribution is -2.40. The molecule has 0 fully saturated rings. The molecule has 0 saturated carbocycles. The Kier molecular flexibility index (Phi) is 5.34. The van der Waals surface area contributed by atoms with Gasteiger partial charge in [0.1, 0.15) is 0 Å². The Morgan fingerprint density at radius 3 is 2.50 bits per heavy atom. The molecule has 6 nitrogen and oxygen atoms in total. The van der Waals surface area contributed by atoms with Crippen molar-refractivity contribution >= 4 is 35.2 Å². The molecule has 0 radical (unpaired) electrons. The van der Waals surface area contributed by atoms with Gasteiger partial charge in [0.15, 0.2) is 0 Å². The summed E-state index contributed by atoms with van der Waals surface area (Å²) in [5, 5.41) is 10.7. The molecule has 2 heterocycles. The average Bonchev–Trinajstić information content (AvgIpc) is 3.26. The summed E-state index contributed by atoms with van der Waals surface area (Å²) in [5.74, 6) is -1.15. The van der Waals surface area contributed by atoms with Gasteiger partial charge in [0.2, 0.25) is 0 Å². The Hall–Kier alpha value is -4.45. The number of para-hydroxylation sites is 1. The lowest BCUT2D eigenvalue weighted by atomic mass is 9.91. The SMILES string of the molecule is C=NC(=C)c1cccc(C(=O)N2CCc3c([nH]c4ccccc34)C2c2cccc(C(=O)O)c2)c1. The molecule has 0 aliphatic carbocycles. The zero-order valence-corrected chi connectivity index (χ0v) is 18.5. The van der Waals surface area contributed by atoms with Gasteiger partial charge < -0.3 is 15.0 Å². The molecular weight excluding hydrogens is 426 g/mol. The summed E-state index contributed by atoms with van der Waals surface area (Å²) in [4.78, 5) is 34.7. The number of carbonyl (C=O) groups excluding carboxylic acids is 1. The molecule has 6 heteroatoms. The van der Waals surface area contributed by atoms with Crippen molar-refractivity contribution in [2.75, 3.05) is 6.54 Å². The molecule has 4 aromatic rings. The first-order chi connectivity index (χ1) is 16.5. The van der Waals surface area contributed by atoms with Gasteiger partial charge in [-0.25, -0.2) is 4.79 Å². The fourth-order valence-electron chi connectivity index (χ4n) is 4.74. The molecule has 1 atom stereocenters. The van der Waals surface area contributed by atoms with Crippen LogP contribution in [0, 0.1) is 0 Å². The number of amides is 1. The van der Waals surface area contributed by atoms with Crippen LogP contribution in [0.1, 0.15) is 49.1 Å². The predicted octanol–water partition coefficient (Wildman–Crippen LogP) is 5.33. The van der Waals surface area contributed by atoms with Gasteiger partial charge in [-0.3, -0.25) is 9.79 Å². The second kappa shape index (κ2) is 8.48. The van der Waals surface area contributed by atoms with E-state index in [1.807, 2.05) is 35.2 Å². The number of hydrogen-bond donors (Lipinski definition) is 2. The average molecular weight is 450 g/mol. The monoisotopic (exact) mass is 449 g/mol. The highest BCUT2D eigenvalue weighted by molar-refractivity contribution is 5.96. The number of carboxylic acids is 1. The fourth-order valence-corrected chi connectivity index (χ4v) is 4.74. The summed E-state index contributed by atoms with van der Waals surface area (Å²) in [7, 11) is 0. The first-order valence-corrected chi connectivity index (χ1v) is 11.0. The Bertz CT molecular complexity index is 1470. The maximum Gasteiger partial charge on any atom is 0.335 e. The molecule has 0 bridgehead atoms. The molecule has 1 aliphatic rings. The van der Waals surface area contributed by atoms with Crippen LogP contribution < -0.4 is 0 Å². The molecule has 1 aliphatic heterocycles. The molecule has 0 spiro atoms. The third-order valence-electron chi connectivity index (χ3n) is 6.38. The maximum absolute atomic E-state index is 13.8. The number of nitrogens with one attached hydrogen (secondary N) is 1. The van der Waals surface area contributed by atoms with E-state index in [4.69, 9.17) is 0 Å². The number of hydrogen-bond acceptors (Lipinski definition) is 3. The quantitative estimate of drug-likeness (QED) is 0.404. The summed E-state index contributed by atoms with van der Waals surface area (Å²) < 4.78 is 0. The summed E-state index contributed by atoms with van der Waals surface area (Å²) in [6.45, 7) is 7.91. The van der Waals surface area contributed by atoms with Gasteiger partial charge in [-0.1, -0.05) is 49.0 Å². The van der Waals surface area contributed by atoms with Crippen LogP contribution in [-0.2, 0) is 6.42 Å². The largest absolute Gasteiger partial charge is 0.478 e. The number of benzene rings is 3. The second-order valence-electron chi connectivity index (χ2n) is 8.33. The van der Waals surface area contributed by atoms with Gasteiger partial charge in [0, 0.05) is 34.3 Å². The smallest absolute Gasteiger partial charge is 0.335 e. The van der Waals surface area contributed by atoms with E-state index in [0.29, 0.717) is 24.2 Å². The van der Waals surface area contributed by atoms with E-state index in [1.54, 1.807) is 36.4 Å². The highest BCUT2D eigenvalue weighted by Crippen LogP contribution is 2.39. The highest BCUT2D eigenvalue weighted by Gasteiger charge is 2.35. The van der Waals surface area contributed by atoms with Crippen molar-refractivity contribution in [3.05, 3.63) is 113 Å². The van der Waals surface area contributed by atoms with Crippen LogP contribution in [0.3, 0.4) is 0 Å². The number of nitrogens with zero attached hydrogens (tertiary/aromatic N) is 2. The molecule has 1 aromatic heterocycles. The Morgan fingerprint density at radius 1 is 0.971 bits per heavy atom. The first kappa shape index (κ1) is 21.4. The summed E-state index contributed by atoms with van der Waals surface area (Å²) in [5.41, 5.74) is 5.74. The van der Waals surface area contributed by atoms with Crippen LogP contribution in [-0.4, -0.2) is 40.1 Å². The number of carbonyl (C=O) groups is 2. The number of aromatic amines is 1. The normalized spacial score (nSPS) is 15.1. The van der Waals surface area contributed by atoms with Crippen molar-refractivity contribution in [3.8, 4) is 0 Å². The minimum absolute atomic E-state index is 0.145. The number of H-pyrrole nitrogens is 1. The van der Waals surface area contributed by atoms with Crippen molar-refractivity contribution in [3.63, 3.8) is 0 Å². The summed E-state index contributed by atoms with van der Waals surface area (Å²) in [6.07, 6.45) is 0.695. The van der Waals surface area contributed by atoms with Gasteiger partial charge in [0.05, 0.1) is 17.3 Å². The van der Waals surface area contributed by atoms with Crippen LogP contribution >= 0.6 is 0 Å². The number of aromatic nitrogens is 1. The number of aromatic carboxylic acids is 1. The Balaban J connectivity index is 1.65. The summed E-state index contributed by atoms with van der Waals surface area (Å²) in [6, 6.07) is 21.6. The molecule has 3 aromatic carbocycles. The van der Waals surface area contributed by atoms with E-state index in [-0.39, 0.29) is 11.5 Å². The van der Waals surface area contributed by atoms with Gasteiger partial charge in [-0.2, -0.15) is 0 Å². The molecule has 2 N–H and O–H groups in total. The number of aliphatic imine (C=N–C) groups is 1. The second-order valence-corrected chi connectivity index (χ2v) is 8.33. The molecule has 168 valence electrons. The van der Waals surface area contributed by atoms with Crippen molar-refractivity contribution in [1.82, 2.24) is 9.88 Å². The Morgan fingerprint density at radius 2 is 1.71 bits per heavy atom. The number of fused-ring (bicyclic) bond motifs is 3. The van der Waals surface area contributed by atoms with E-state index >= 15 is 0 Å². The minimum Gasteiger partial charge on any atom is -0.478 e. The van der Waals surface area contributed by atoms with E-state index < -0.39 is 12.0 Å². The lowest BCUT2D eigenvalue weighted by Gasteiger charge is -2.36. The topological polar surface area (TPSA) is 85.8 Å². The van der Waals surface area contributed by atoms with Crippen molar-refractivity contribution in [2.24, 2.45) is 4.99 Å². The maximum atomic E-state index is 13.8. The third kappa shape index (κ3) is 3.59. The standard InChI is InChI=1S/C28H23N3O3/c1-17(29-2)18-7-5-9-20(15-18)27(32)31-14-13-23-22-11-3-4-12-24(22)30-25(23)26(31)19-8-6-10-21(16-19)28(33)34/h3-12,15-16,26,30H,1-2,13-14H2,(H,33,34). The zero-order valence-electron chi connectivity index (χ0n) is 18.5. The number of rotatable bonds is 5. The lowest BCUT2D eigenvalue weighted by molar-refractivity contribution is 0.0691. The van der Waals surface area contributed by atoms with Crippen molar-refractivity contribution in [1.29, 1.82) is 0 Å².